The fourth-order valence-electron chi connectivity index (χ4n) is 4.18. The number of amides is 2. The van der Waals surface area contributed by atoms with Gasteiger partial charge in [-0.25, -0.2) is 9.97 Å². The molecule has 0 saturated carbocycles. The number of hydrogen-bond acceptors (Lipinski definition) is 7. The molecule has 0 bridgehead atoms. The Balaban J connectivity index is 1.14. The number of anilines is 1. The molecule has 2 aromatic rings. The van der Waals surface area contributed by atoms with Crippen LogP contribution in [0.1, 0.15) is 35.4 Å². The van der Waals surface area contributed by atoms with Gasteiger partial charge in [0.15, 0.2) is 5.76 Å². The van der Waals surface area contributed by atoms with Crippen molar-refractivity contribution in [1.82, 2.24) is 25.1 Å². The zero-order valence-electron chi connectivity index (χ0n) is 18.0. The molecule has 2 saturated heterocycles. The van der Waals surface area contributed by atoms with Gasteiger partial charge < -0.3 is 24.4 Å². The van der Waals surface area contributed by atoms with E-state index in [1.54, 1.807) is 30.8 Å². The molecule has 0 aromatic carbocycles. The number of likely N-dealkylation sites (tertiary alicyclic amines) is 1. The molecule has 0 atom stereocenters. The van der Waals surface area contributed by atoms with E-state index in [2.05, 4.69) is 25.1 Å². The zero-order chi connectivity index (χ0) is 21.6. The molecule has 0 radical (unpaired) electrons. The second kappa shape index (κ2) is 9.91. The molecule has 166 valence electrons. The standard InChI is InChI=1S/C22H30N6O3/c1-17-6-16-31-20(17)21(30)25-18-3-9-26(10-4-18)11-5-19(29)27-12-14-28(15-13-27)22-23-7-2-8-24-22/h2,6-8,16,18H,3-5,9-15H2,1H3,(H,25,30). The quantitative estimate of drug-likeness (QED) is 0.744. The van der Waals surface area contributed by atoms with Gasteiger partial charge in [0.1, 0.15) is 0 Å². The molecule has 1 N–H and O–H groups in total. The summed E-state index contributed by atoms with van der Waals surface area (Å²) in [6.45, 7) is 7.33. The lowest BCUT2D eigenvalue weighted by Gasteiger charge is -2.36. The van der Waals surface area contributed by atoms with E-state index in [9.17, 15) is 9.59 Å². The van der Waals surface area contributed by atoms with Crippen LogP contribution in [-0.2, 0) is 4.79 Å². The molecule has 2 aromatic heterocycles. The van der Waals surface area contributed by atoms with Crippen LogP contribution in [0.4, 0.5) is 5.95 Å². The van der Waals surface area contributed by atoms with Crippen LogP contribution in [-0.4, -0.2) is 83.4 Å². The van der Waals surface area contributed by atoms with Crippen LogP contribution in [0.3, 0.4) is 0 Å². The van der Waals surface area contributed by atoms with Crippen LogP contribution in [0.5, 0.6) is 0 Å². The van der Waals surface area contributed by atoms with Crippen molar-refractivity contribution in [1.29, 1.82) is 0 Å². The van der Waals surface area contributed by atoms with Gasteiger partial charge in [0.05, 0.1) is 6.26 Å². The molecular formula is C22H30N6O3. The van der Waals surface area contributed by atoms with E-state index in [0.717, 1.165) is 57.1 Å². The third-order valence-corrected chi connectivity index (χ3v) is 6.10. The maximum Gasteiger partial charge on any atom is 0.287 e. The SMILES string of the molecule is Cc1ccoc1C(=O)NC1CCN(CCC(=O)N2CCN(c3ncccn3)CC2)CC1. The Morgan fingerprint density at radius 3 is 2.45 bits per heavy atom. The van der Waals surface area contributed by atoms with Crippen molar-refractivity contribution in [2.24, 2.45) is 0 Å². The van der Waals surface area contributed by atoms with E-state index in [0.29, 0.717) is 25.3 Å². The van der Waals surface area contributed by atoms with E-state index < -0.39 is 0 Å². The van der Waals surface area contributed by atoms with E-state index in [4.69, 9.17) is 4.42 Å². The van der Waals surface area contributed by atoms with Crippen molar-refractivity contribution in [3.8, 4) is 0 Å². The highest BCUT2D eigenvalue weighted by Gasteiger charge is 2.25. The number of furan rings is 1. The Labute approximate surface area is 182 Å². The molecular weight excluding hydrogens is 396 g/mol. The molecule has 2 fully saturated rings. The lowest BCUT2D eigenvalue weighted by molar-refractivity contribution is -0.131. The Morgan fingerprint density at radius 2 is 1.81 bits per heavy atom. The van der Waals surface area contributed by atoms with Gasteiger partial charge in [-0.3, -0.25) is 9.59 Å². The summed E-state index contributed by atoms with van der Waals surface area (Å²) in [7, 11) is 0. The predicted molar refractivity (Wildman–Crippen MR) is 116 cm³/mol. The summed E-state index contributed by atoms with van der Waals surface area (Å²) >= 11 is 0. The van der Waals surface area contributed by atoms with Gasteiger partial charge in [0.2, 0.25) is 11.9 Å². The largest absolute Gasteiger partial charge is 0.459 e. The molecule has 9 nitrogen and oxygen atoms in total. The highest BCUT2D eigenvalue weighted by Crippen LogP contribution is 2.15. The monoisotopic (exact) mass is 426 g/mol. The number of piperazine rings is 1. The van der Waals surface area contributed by atoms with Crippen molar-refractivity contribution in [3.05, 3.63) is 42.1 Å². The molecule has 2 amide bonds. The maximum atomic E-state index is 12.6. The predicted octanol–water partition coefficient (Wildman–Crippen LogP) is 1.31. The van der Waals surface area contributed by atoms with Crippen molar-refractivity contribution in [3.63, 3.8) is 0 Å². The number of nitrogens with one attached hydrogen (secondary N) is 1. The first-order valence-electron chi connectivity index (χ1n) is 11.0. The number of nitrogens with zero attached hydrogens (tertiary/aromatic N) is 5. The molecule has 4 heterocycles. The van der Waals surface area contributed by atoms with Crippen LogP contribution in [0, 0.1) is 6.92 Å². The second-order valence-corrected chi connectivity index (χ2v) is 8.19. The summed E-state index contributed by atoms with van der Waals surface area (Å²) in [6, 6.07) is 3.75. The molecule has 0 unspecified atom stereocenters. The molecule has 0 aliphatic carbocycles. The van der Waals surface area contributed by atoms with Gasteiger partial charge in [-0.15, -0.1) is 0 Å². The summed E-state index contributed by atoms with van der Waals surface area (Å²) < 4.78 is 5.27. The summed E-state index contributed by atoms with van der Waals surface area (Å²) in [5.74, 6) is 1.19. The Kier molecular flexibility index (Phi) is 6.81. The van der Waals surface area contributed by atoms with Gasteiger partial charge in [0, 0.05) is 76.2 Å². The highest BCUT2D eigenvalue weighted by atomic mass is 16.3. The van der Waals surface area contributed by atoms with Crippen molar-refractivity contribution in [2.75, 3.05) is 50.7 Å². The van der Waals surface area contributed by atoms with Crippen molar-refractivity contribution in [2.45, 2.75) is 32.2 Å². The molecule has 2 aliphatic rings. The van der Waals surface area contributed by atoms with E-state index >= 15 is 0 Å². The Morgan fingerprint density at radius 1 is 1.10 bits per heavy atom. The Bertz CT molecular complexity index is 870. The average Bonchev–Trinajstić information content (AvgIpc) is 3.25. The minimum atomic E-state index is -0.142. The van der Waals surface area contributed by atoms with Gasteiger partial charge in [-0.05, 0) is 31.9 Å². The molecule has 2 aliphatic heterocycles. The van der Waals surface area contributed by atoms with Crippen molar-refractivity contribution < 1.29 is 14.0 Å². The number of carbonyl (C=O) groups is 2. The smallest absolute Gasteiger partial charge is 0.287 e. The van der Waals surface area contributed by atoms with Gasteiger partial charge >= 0.3 is 0 Å². The van der Waals surface area contributed by atoms with E-state index in [1.807, 2.05) is 11.8 Å². The lowest BCUT2D eigenvalue weighted by atomic mass is 10.0. The minimum absolute atomic E-state index is 0.142. The van der Waals surface area contributed by atoms with E-state index in [-0.39, 0.29) is 17.9 Å². The number of hydrogen-bond donors (Lipinski definition) is 1. The number of rotatable bonds is 6. The van der Waals surface area contributed by atoms with Crippen LogP contribution in [0.25, 0.3) is 0 Å². The highest BCUT2D eigenvalue weighted by molar-refractivity contribution is 5.93. The lowest BCUT2D eigenvalue weighted by Crippen LogP contribution is -2.50. The fraction of sp³-hybridized carbons (Fsp3) is 0.545. The van der Waals surface area contributed by atoms with Crippen LogP contribution in [0.2, 0.25) is 0 Å². The number of aryl methyl sites for hydroxylation is 1. The van der Waals surface area contributed by atoms with Gasteiger partial charge in [-0.1, -0.05) is 0 Å². The average molecular weight is 427 g/mol. The zero-order valence-corrected chi connectivity index (χ0v) is 18.0. The first-order chi connectivity index (χ1) is 15.1. The molecule has 4 rings (SSSR count). The summed E-state index contributed by atoms with van der Waals surface area (Å²) in [6.07, 6.45) is 7.33. The summed E-state index contributed by atoms with van der Waals surface area (Å²) in [5.41, 5.74) is 0.852. The molecule has 0 spiro atoms. The Hall–Kier alpha value is -2.94. The summed E-state index contributed by atoms with van der Waals surface area (Å²) in [4.78, 5) is 39.9. The third-order valence-electron chi connectivity index (χ3n) is 6.10. The van der Waals surface area contributed by atoms with Gasteiger partial charge in [-0.2, -0.15) is 0 Å². The maximum absolute atomic E-state index is 12.6. The second-order valence-electron chi connectivity index (χ2n) is 8.19. The number of piperidine rings is 1. The number of aromatic nitrogens is 2. The third kappa shape index (κ3) is 5.41. The van der Waals surface area contributed by atoms with Crippen molar-refractivity contribution >= 4 is 17.8 Å². The molecule has 9 heteroatoms. The summed E-state index contributed by atoms with van der Waals surface area (Å²) in [5, 5.41) is 3.07. The van der Waals surface area contributed by atoms with Crippen LogP contribution < -0.4 is 10.2 Å². The first kappa shape index (κ1) is 21.3. The number of carbonyl (C=O) groups excluding carboxylic acids is 2. The first-order valence-corrected chi connectivity index (χ1v) is 11.0. The van der Waals surface area contributed by atoms with Crippen LogP contribution in [0.15, 0.2) is 35.2 Å². The fourth-order valence-corrected chi connectivity index (χ4v) is 4.18. The topological polar surface area (TPSA) is 94.8 Å². The van der Waals surface area contributed by atoms with Crippen LogP contribution >= 0.6 is 0 Å². The van der Waals surface area contributed by atoms with E-state index in [1.165, 1.54) is 0 Å². The van der Waals surface area contributed by atoms with Gasteiger partial charge in [0.25, 0.3) is 5.91 Å². The normalized spacial score (nSPS) is 18.2. The molecule has 31 heavy (non-hydrogen) atoms. The minimum Gasteiger partial charge on any atom is -0.459 e.